The van der Waals surface area contributed by atoms with Crippen molar-refractivity contribution in [1.82, 2.24) is 0 Å². The van der Waals surface area contributed by atoms with Gasteiger partial charge in [0, 0.05) is 5.39 Å². The van der Waals surface area contributed by atoms with Crippen molar-refractivity contribution in [3.63, 3.8) is 0 Å². The molecule has 0 fully saturated rings. The number of hydrogen-bond acceptors (Lipinski definition) is 7. The van der Waals surface area contributed by atoms with Gasteiger partial charge in [0.05, 0.1) is 21.3 Å². The van der Waals surface area contributed by atoms with Crippen LogP contribution in [0.1, 0.15) is 12.5 Å². The molecule has 29 heavy (non-hydrogen) atoms. The molecule has 3 aromatic rings. The summed E-state index contributed by atoms with van der Waals surface area (Å²) in [4.78, 5) is 20.9. The summed E-state index contributed by atoms with van der Waals surface area (Å²) in [6.45, 7) is 5.52. The van der Waals surface area contributed by atoms with Crippen LogP contribution < -0.4 is 4.18 Å². The Balaban J connectivity index is 2.20. The van der Waals surface area contributed by atoms with E-state index in [-0.39, 0.29) is 15.7 Å². The minimum atomic E-state index is -4.44. The smallest absolute Gasteiger partial charge is 0.339 e. The lowest BCUT2D eigenvalue weighted by Crippen LogP contribution is -2.11. The van der Waals surface area contributed by atoms with Crippen molar-refractivity contribution in [2.75, 3.05) is 0 Å². The summed E-state index contributed by atoms with van der Waals surface area (Å²) < 4.78 is 30.6. The van der Waals surface area contributed by atoms with Gasteiger partial charge in [-0.2, -0.15) is 8.42 Å². The molecule has 0 aromatic heterocycles. The second-order valence-electron chi connectivity index (χ2n) is 6.15. The van der Waals surface area contributed by atoms with E-state index in [1.165, 1.54) is 48.5 Å². The van der Waals surface area contributed by atoms with E-state index >= 15 is 0 Å². The van der Waals surface area contributed by atoms with Crippen LogP contribution in [0.3, 0.4) is 0 Å². The van der Waals surface area contributed by atoms with Crippen LogP contribution in [0, 0.1) is 20.2 Å². The maximum Gasteiger partial charge on any atom is 0.339 e. The summed E-state index contributed by atoms with van der Waals surface area (Å²) in [6, 6.07) is 12.0. The fraction of sp³-hybridized carbons (Fsp3) is 0.0526. The number of allylic oxidation sites excluding steroid dienone is 1. The second kappa shape index (κ2) is 7.32. The summed E-state index contributed by atoms with van der Waals surface area (Å²) in [7, 11) is -4.44. The highest BCUT2D eigenvalue weighted by atomic mass is 32.2. The largest absolute Gasteiger partial charge is 0.371 e. The quantitative estimate of drug-likeness (QED) is 0.331. The molecule has 3 rings (SSSR count). The number of non-ortho nitro benzene ring substituents is 1. The van der Waals surface area contributed by atoms with Gasteiger partial charge in [-0.25, -0.2) is 0 Å². The number of rotatable bonds is 6. The van der Waals surface area contributed by atoms with Crippen LogP contribution in [-0.2, 0) is 10.1 Å². The monoisotopic (exact) mass is 414 g/mol. The molecule has 0 amide bonds. The molecule has 0 aliphatic heterocycles. The Morgan fingerprint density at radius 2 is 1.48 bits per heavy atom. The van der Waals surface area contributed by atoms with Gasteiger partial charge in [0.2, 0.25) is 5.75 Å². The number of nitrogens with zero attached hydrogens (tertiary/aromatic N) is 2. The van der Waals surface area contributed by atoms with Gasteiger partial charge >= 0.3 is 15.8 Å². The van der Waals surface area contributed by atoms with Crippen molar-refractivity contribution in [3.05, 3.63) is 87.0 Å². The van der Waals surface area contributed by atoms with Gasteiger partial charge in [-0.1, -0.05) is 42.5 Å². The van der Waals surface area contributed by atoms with Crippen molar-refractivity contribution in [1.29, 1.82) is 0 Å². The third kappa shape index (κ3) is 3.78. The van der Waals surface area contributed by atoms with Gasteiger partial charge in [-0.05, 0) is 30.7 Å². The zero-order chi connectivity index (χ0) is 21.3. The average molecular weight is 414 g/mol. The van der Waals surface area contributed by atoms with E-state index in [1.54, 1.807) is 6.92 Å². The third-order valence-electron chi connectivity index (χ3n) is 4.18. The lowest BCUT2D eigenvalue weighted by Gasteiger charge is -2.11. The lowest BCUT2D eigenvalue weighted by atomic mass is 10.1. The molecule has 0 aliphatic carbocycles. The van der Waals surface area contributed by atoms with Gasteiger partial charge in [0.25, 0.3) is 5.69 Å². The number of nitro benzene ring substituents is 2. The van der Waals surface area contributed by atoms with Crippen molar-refractivity contribution < 1.29 is 22.4 Å². The summed E-state index contributed by atoms with van der Waals surface area (Å²) >= 11 is 0. The van der Waals surface area contributed by atoms with Crippen molar-refractivity contribution >= 4 is 37.8 Å². The summed E-state index contributed by atoms with van der Waals surface area (Å²) in [5, 5.41) is 22.8. The summed E-state index contributed by atoms with van der Waals surface area (Å²) in [5.41, 5.74) is 0.1000. The first-order valence-electron chi connectivity index (χ1n) is 8.17. The average Bonchev–Trinajstić information content (AvgIpc) is 2.67. The topological polar surface area (TPSA) is 130 Å². The Labute approximate surface area is 165 Å². The molecular formula is C19H14N2O7S. The van der Waals surface area contributed by atoms with Crippen molar-refractivity contribution in [2.45, 2.75) is 11.8 Å². The molecule has 0 saturated carbocycles. The van der Waals surface area contributed by atoms with Crippen molar-refractivity contribution in [3.8, 4) is 5.75 Å². The highest BCUT2D eigenvalue weighted by Crippen LogP contribution is 2.42. The van der Waals surface area contributed by atoms with Crippen LogP contribution in [0.4, 0.5) is 11.4 Å². The van der Waals surface area contributed by atoms with Crippen molar-refractivity contribution in [2.24, 2.45) is 0 Å². The Morgan fingerprint density at radius 3 is 2.00 bits per heavy atom. The zero-order valence-corrected chi connectivity index (χ0v) is 15.9. The first-order valence-corrected chi connectivity index (χ1v) is 9.57. The van der Waals surface area contributed by atoms with E-state index in [0.717, 1.165) is 11.1 Å². The maximum absolute atomic E-state index is 12.7. The predicted octanol–water partition coefficient (Wildman–Crippen LogP) is 4.46. The number of benzene rings is 3. The van der Waals surface area contributed by atoms with Crippen LogP contribution in [-0.4, -0.2) is 18.3 Å². The van der Waals surface area contributed by atoms with Crippen LogP contribution in [0.15, 0.2) is 66.1 Å². The molecule has 0 spiro atoms. The van der Waals surface area contributed by atoms with Crippen LogP contribution in [0.5, 0.6) is 5.75 Å². The maximum atomic E-state index is 12.7. The molecule has 9 nitrogen and oxygen atoms in total. The Hall–Kier alpha value is -3.79. The number of hydrogen-bond donors (Lipinski definition) is 0. The predicted molar refractivity (Wildman–Crippen MR) is 106 cm³/mol. The van der Waals surface area contributed by atoms with E-state index in [9.17, 15) is 28.6 Å². The van der Waals surface area contributed by atoms with Gasteiger partial charge in [0.15, 0.2) is 0 Å². The van der Waals surface area contributed by atoms with E-state index in [4.69, 9.17) is 4.18 Å². The lowest BCUT2D eigenvalue weighted by molar-refractivity contribution is -0.393. The van der Waals surface area contributed by atoms with Gasteiger partial charge in [0.1, 0.15) is 4.90 Å². The molecule has 0 atom stereocenters. The minimum Gasteiger partial charge on any atom is -0.371 e. The first kappa shape index (κ1) is 20.0. The molecule has 148 valence electrons. The van der Waals surface area contributed by atoms with Gasteiger partial charge in [-0.3, -0.25) is 20.2 Å². The zero-order valence-electron chi connectivity index (χ0n) is 15.1. The minimum absolute atomic E-state index is 0.0194. The molecule has 0 heterocycles. The summed E-state index contributed by atoms with van der Waals surface area (Å²) in [5.74, 6) is -0.583. The fourth-order valence-electron chi connectivity index (χ4n) is 2.75. The van der Waals surface area contributed by atoms with E-state index in [0.29, 0.717) is 6.07 Å². The van der Waals surface area contributed by atoms with Crippen LogP contribution in [0.2, 0.25) is 0 Å². The van der Waals surface area contributed by atoms with E-state index in [1.807, 2.05) is 0 Å². The molecule has 0 bridgehead atoms. The molecule has 0 unspecified atom stereocenters. The summed E-state index contributed by atoms with van der Waals surface area (Å²) in [6.07, 6.45) is 0. The number of fused-ring (bicyclic) bond motifs is 1. The van der Waals surface area contributed by atoms with Crippen LogP contribution >= 0.6 is 0 Å². The molecular weight excluding hydrogens is 400 g/mol. The molecule has 0 aliphatic rings. The molecule has 10 heteroatoms. The normalized spacial score (nSPS) is 11.2. The Kier molecular flexibility index (Phi) is 5.04. The van der Waals surface area contributed by atoms with Gasteiger partial charge < -0.3 is 4.18 Å². The van der Waals surface area contributed by atoms with Crippen LogP contribution in [0.25, 0.3) is 16.3 Å². The highest BCUT2D eigenvalue weighted by molar-refractivity contribution is 7.87. The second-order valence-corrected chi connectivity index (χ2v) is 7.69. The highest BCUT2D eigenvalue weighted by Gasteiger charge is 2.30. The fourth-order valence-corrected chi connectivity index (χ4v) is 3.71. The first-order chi connectivity index (χ1) is 13.6. The molecule has 3 aromatic carbocycles. The van der Waals surface area contributed by atoms with Gasteiger partial charge in [-0.15, -0.1) is 0 Å². The standard InChI is InChI=1S/C19H14N2O7S/c1-12(2)13-7-9-14(10-8-13)29(26,27)28-19-16-6-4-3-5-15(16)17(20(22)23)11-18(19)21(24)25/h3-11H,1H2,2H3. The third-order valence-corrected chi connectivity index (χ3v) is 5.41. The Morgan fingerprint density at radius 1 is 0.931 bits per heavy atom. The molecule has 0 saturated heterocycles. The molecule has 0 radical (unpaired) electrons. The van der Waals surface area contributed by atoms with E-state index < -0.39 is 37.1 Å². The Bertz CT molecular complexity index is 1270. The SMILES string of the molecule is C=C(C)c1ccc(S(=O)(=O)Oc2c([N+](=O)[O-])cc([N+](=O)[O-])c3ccccc23)cc1. The van der Waals surface area contributed by atoms with E-state index in [2.05, 4.69) is 6.58 Å². The number of nitro groups is 2. The molecule has 0 N–H and O–H groups in total.